The number of aromatic hydroxyl groups is 4. The van der Waals surface area contributed by atoms with Gasteiger partial charge < -0.3 is 50.0 Å². The summed E-state index contributed by atoms with van der Waals surface area (Å²) < 4.78 is 15.7. The summed E-state index contributed by atoms with van der Waals surface area (Å²) in [7, 11) is 0. The quantitative estimate of drug-likeness (QED) is 0.0816. The van der Waals surface area contributed by atoms with E-state index in [-0.39, 0.29) is 11.1 Å². The molecule has 0 unspecified atom stereocenters. The number of benzene rings is 2. The molecule has 0 aliphatic heterocycles. The van der Waals surface area contributed by atoms with E-state index in [9.17, 15) is 54.6 Å². The van der Waals surface area contributed by atoms with Gasteiger partial charge in [-0.25, -0.2) is 14.4 Å². The van der Waals surface area contributed by atoms with Crippen molar-refractivity contribution in [2.45, 2.75) is 49.6 Å². The summed E-state index contributed by atoms with van der Waals surface area (Å²) >= 11 is 0. The normalized spacial score (nSPS) is 21.5. The highest BCUT2D eigenvalue weighted by atomic mass is 16.6. The van der Waals surface area contributed by atoms with E-state index in [1.54, 1.807) is 0 Å². The Morgan fingerprint density at radius 3 is 1.80 bits per heavy atom. The minimum atomic E-state index is -2.49. The number of aliphatic hydroxyl groups excluding tert-OH is 1. The third kappa shape index (κ3) is 8.72. The predicted octanol–water partition coefficient (Wildman–Crippen LogP) is 1.45. The first-order valence-corrected chi connectivity index (χ1v) is 12.9. The number of esters is 3. The van der Waals surface area contributed by atoms with Crippen LogP contribution in [0.3, 0.4) is 0 Å². The van der Waals surface area contributed by atoms with Crippen LogP contribution in [0.25, 0.3) is 12.2 Å². The lowest BCUT2D eigenvalue weighted by Gasteiger charge is -2.42. The van der Waals surface area contributed by atoms with Gasteiger partial charge in [0.25, 0.3) is 0 Å². The van der Waals surface area contributed by atoms with E-state index in [4.69, 9.17) is 19.3 Å². The largest absolute Gasteiger partial charge is 0.504 e. The molecule has 0 amide bonds. The van der Waals surface area contributed by atoms with Gasteiger partial charge >= 0.3 is 29.8 Å². The molecule has 234 valence electrons. The monoisotopic (exact) mass is 616 g/mol. The lowest BCUT2D eigenvalue weighted by atomic mass is 9.79. The van der Waals surface area contributed by atoms with E-state index < -0.39 is 102 Å². The van der Waals surface area contributed by atoms with Crippen molar-refractivity contribution >= 4 is 42.0 Å². The molecule has 15 heteroatoms. The van der Waals surface area contributed by atoms with E-state index in [1.807, 2.05) is 0 Å². The zero-order valence-corrected chi connectivity index (χ0v) is 22.7. The third-order valence-corrected chi connectivity index (χ3v) is 6.40. The zero-order chi connectivity index (χ0) is 32.6. The van der Waals surface area contributed by atoms with E-state index in [1.165, 1.54) is 18.2 Å². The fraction of sp³-hybridized carbons (Fsp3) is 0.276. The molecule has 0 heterocycles. The molecule has 0 bridgehead atoms. The molecule has 0 saturated heterocycles. The van der Waals surface area contributed by atoms with Crippen molar-refractivity contribution < 1.29 is 73.9 Å². The van der Waals surface area contributed by atoms with Gasteiger partial charge in [0.1, 0.15) is 6.10 Å². The number of hydrogen-bond donors (Lipinski definition) is 7. The Kier molecular flexibility index (Phi) is 10.5. The Balaban J connectivity index is 1.83. The van der Waals surface area contributed by atoms with Gasteiger partial charge in [0.15, 0.2) is 29.1 Å². The molecule has 0 spiro atoms. The van der Waals surface area contributed by atoms with Crippen LogP contribution < -0.4 is 0 Å². The van der Waals surface area contributed by atoms with Gasteiger partial charge in [-0.15, -0.1) is 0 Å². The van der Waals surface area contributed by atoms with Crippen LogP contribution in [0.5, 0.6) is 23.0 Å². The third-order valence-electron chi connectivity index (χ3n) is 6.40. The molecule has 2 aromatic rings. The second-order valence-electron chi connectivity index (χ2n) is 9.68. The number of rotatable bonds is 11. The van der Waals surface area contributed by atoms with Crippen LogP contribution in [0.2, 0.25) is 0 Å². The second-order valence-corrected chi connectivity index (χ2v) is 9.68. The van der Waals surface area contributed by atoms with Crippen LogP contribution in [-0.4, -0.2) is 89.5 Å². The molecule has 7 N–H and O–H groups in total. The maximum atomic E-state index is 12.6. The molecule has 2 aromatic carbocycles. The molecule has 1 aliphatic rings. The molecule has 1 aliphatic carbocycles. The number of phenols is 4. The Bertz CT molecular complexity index is 1490. The summed E-state index contributed by atoms with van der Waals surface area (Å²) in [6.07, 6.45) is -4.11. The Morgan fingerprint density at radius 1 is 0.750 bits per heavy atom. The Hall–Kier alpha value is -5.57. The number of phenolic OH excluding ortho intramolecular Hbond substituents is 4. The highest BCUT2D eigenvalue weighted by Crippen LogP contribution is 2.37. The van der Waals surface area contributed by atoms with Gasteiger partial charge in [0.2, 0.25) is 5.60 Å². The Labute approximate surface area is 248 Å². The number of carbonyl (C=O) groups is 5. The summed E-state index contributed by atoms with van der Waals surface area (Å²) in [4.78, 5) is 60.8. The average Bonchev–Trinajstić information content (AvgIpc) is 2.95. The predicted molar refractivity (Wildman–Crippen MR) is 146 cm³/mol. The van der Waals surface area contributed by atoms with Crippen LogP contribution in [0, 0.1) is 0 Å². The molecule has 15 nitrogen and oxygen atoms in total. The SMILES string of the molecule is O=C(O)CCC(=O)O[C@@H]1C[C@](OC(=O)/C=C/c2ccc(O)c(O)c2)(C(=O)O)C[C@@H](O)[C@H]1OC(=O)/C=C/c1ccc(O)c(O)c1. The lowest BCUT2D eigenvalue weighted by Crippen LogP contribution is -2.59. The van der Waals surface area contributed by atoms with Gasteiger partial charge in [0, 0.05) is 25.0 Å². The van der Waals surface area contributed by atoms with Crippen molar-refractivity contribution in [2.24, 2.45) is 0 Å². The van der Waals surface area contributed by atoms with E-state index in [0.717, 1.165) is 42.5 Å². The van der Waals surface area contributed by atoms with Crippen LogP contribution in [0.4, 0.5) is 0 Å². The second kappa shape index (κ2) is 14.1. The maximum absolute atomic E-state index is 12.6. The minimum Gasteiger partial charge on any atom is -0.504 e. The number of aliphatic hydroxyl groups is 1. The first kappa shape index (κ1) is 32.9. The number of aliphatic carboxylic acids is 2. The number of carboxylic acid groups (broad SMARTS) is 2. The fourth-order valence-corrected chi connectivity index (χ4v) is 4.24. The number of carboxylic acids is 2. The highest BCUT2D eigenvalue weighted by molar-refractivity contribution is 5.91. The molecule has 4 atom stereocenters. The fourth-order valence-electron chi connectivity index (χ4n) is 4.24. The lowest BCUT2D eigenvalue weighted by molar-refractivity contribution is -0.214. The van der Waals surface area contributed by atoms with Crippen LogP contribution in [0.15, 0.2) is 48.6 Å². The summed E-state index contributed by atoms with van der Waals surface area (Å²) in [5, 5.41) is 67.8. The Morgan fingerprint density at radius 2 is 1.30 bits per heavy atom. The molecule has 3 rings (SSSR count). The number of carbonyl (C=O) groups excluding carboxylic acids is 3. The van der Waals surface area contributed by atoms with Crippen molar-refractivity contribution in [2.75, 3.05) is 0 Å². The standard InChI is InChI=1S/C29H28O15/c30-17-5-1-15(11-19(17)32)3-8-25(38)43-27-21(34)13-29(28(40)41,14-22(27)42-24(37)10-7-23(35)36)44-26(39)9-4-16-2-6-18(31)20(33)12-16/h1-6,8-9,11-12,21-22,27,30-34H,7,10,13-14H2,(H,35,36)(H,40,41)/b8-3+,9-4+/t21-,22-,27-,29+/m1/s1. The topological polar surface area (TPSA) is 255 Å². The van der Waals surface area contributed by atoms with Crippen LogP contribution >= 0.6 is 0 Å². The van der Waals surface area contributed by atoms with Gasteiger partial charge in [-0.2, -0.15) is 0 Å². The summed E-state index contributed by atoms with van der Waals surface area (Å²) in [6.45, 7) is 0. The van der Waals surface area contributed by atoms with Gasteiger partial charge in [-0.1, -0.05) is 12.1 Å². The van der Waals surface area contributed by atoms with Gasteiger partial charge in [-0.3, -0.25) is 9.59 Å². The molecule has 0 radical (unpaired) electrons. The molecule has 44 heavy (non-hydrogen) atoms. The zero-order valence-electron chi connectivity index (χ0n) is 22.7. The molecular weight excluding hydrogens is 588 g/mol. The smallest absolute Gasteiger partial charge is 0.348 e. The number of ether oxygens (including phenoxy) is 3. The van der Waals surface area contributed by atoms with Crippen molar-refractivity contribution in [3.8, 4) is 23.0 Å². The van der Waals surface area contributed by atoms with Crippen molar-refractivity contribution in [1.82, 2.24) is 0 Å². The van der Waals surface area contributed by atoms with Crippen LogP contribution in [0.1, 0.15) is 36.8 Å². The first-order valence-electron chi connectivity index (χ1n) is 12.9. The molecule has 0 aromatic heterocycles. The molecule has 1 saturated carbocycles. The number of hydrogen-bond acceptors (Lipinski definition) is 13. The van der Waals surface area contributed by atoms with E-state index >= 15 is 0 Å². The average molecular weight is 617 g/mol. The van der Waals surface area contributed by atoms with E-state index in [0.29, 0.717) is 0 Å². The summed E-state index contributed by atoms with van der Waals surface area (Å²) in [6, 6.07) is 7.24. The van der Waals surface area contributed by atoms with Crippen molar-refractivity contribution in [3.05, 3.63) is 59.7 Å². The van der Waals surface area contributed by atoms with Crippen molar-refractivity contribution in [3.63, 3.8) is 0 Å². The first-order chi connectivity index (χ1) is 20.7. The van der Waals surface area contributed by atoms with Gasteiger partial charge in [0.05, 0.1) is 18.9 Å². The van der Waals surface area contributed by atoms with Crippen molar-refractivity contribution in [1.29, 1.82) is 0 Å². The minimum absolute atomic E-state index is 0.234. The highest BCUT2D eigenvalue weighted by Gasteiger charge is 2.56. The molecule has 1 fully saturated rings. The summed E-state index contributed by atoms with van der Waals surface area (Å²) in [5.41, 5.74) is -1.98. The molecular formula is C29H28O15. The van der Waals surface area contributed by atoms with E-state index in [2.05, 4.69) is 0 Å². The van der Waals surface area contributed by atoms with Gasteiger partial charge in [-0.05, 0) is 47.5 Å². The summed E-state index contributed by atoms with van der Waals surface area (Å²) in [5.74, 6) is -8.26. The maximum Gasteiger partial charge on any atom is 0.348 e. The van der Waals surface area contributed by atoms with Crippen LogP contribution in [-0.2, 0) is 38.2 Å².